The molecular weight excluding hydrogens is 195 g/mol. The van der Waals surface area contributed by atoms with Gasteiger partial charge >= 0.3 is 0 Å². The molecule has 3 nitrogen and oxygen atoms in total. The topological polar surface area (TPSA) is 34.9 Å². The van der Waals surface area contributed by atoms with Crippen LogP contribution in [0.1, 0.15) is 16.1 Å². The summed E-state index contributed by atoms with van der Waals surface area (Å²) in [5, 5.41) is 0. The third-order valence-corrected chi connectivity index (χ3v) is 2.13. The molecule has 0 radical (unpaired) electrons. The molecule has 0 N–H and O–H groups in total. The first-order valence-corrected chi connectivity index (χ1v) is 4.50. The fourth-order valence-corrected chi connectivity index (χ4v) is 1.42. The number of aldehydes is 1. The number of aromatic nitrogens is 2. The van der Waals surface area contributed by atoms with Crippen molar-refractivity contribution in [2.75, 3.05) is 0 Å². The SMILES string of the molecule is O=Cc1cccn1Cc1ccnc(F)c1. The zero-order chi connectivity index (χ0) is 10.7. The molecule has 2 aromatic heterocycles. The Labute approximate surface area is 86.2 Å². The van der Waals surface area contributed by atoms with Crippen LogP contribution in [-0.4, -0.2) is 15.8 Å². The van der Waals surface area contributed by atoms with Crippen LogP contribution >= 0.6 is 0 Å². The zero-order valence-electron chi connectivity index (χ0n) is 7.93. The van der Waals surface area contributed by atoms with Gasteiger partial charge in [-0.25, -0.2) is 4.98 Å². The van der Waals surface area contributed by atoms with Gasteiger partial charge < -0.3 is 4.57 Å². The molecule has 0 unspecified atom stereocenters. The van der Waals surface area contributed by atoms with Gasteiger partial charge in [0.15, 0.2) is 6.29 Å². The molecule has 0 atom stereocenters. The summed E-state index contributed by atoms with van der Waals surface area (Å²) in [5.41, 5.74) is 1.36. The molecular formula is C11H9FN2O. The van der Waals surface area contributed by atoms with Crippen LogP contribution in [0.25, 0.3) is 0 Å². The van der Waals surface area contributed by atoms with Crippen LogP contribution in [0.4, 0.5) is 4.39 Å². The summed E-state index contributed by atoms with van der Waals surface area (Å²) in [6.07, 6.45) is 3.97. The predicted octanol–water partition coefficient (Wildman–Crippen LogP) is 1.88. The Morgan fingerprint density at radius 3 is 3.07 bits per heavy atom. The monoisotopic (exact) mass is 204 g/mol. The number of rotatable bonds is 3. The van der Waals surface area contributed by atoms with E-state index >= 15 is 0 Å². The van der Waals surface area contributed by atoms with Crippen molar-refractivity contribution < 1.29 is 9.18 Å². The molecule has 2 rings (SSSR count). The molecule has 0 aliphatic heterocycles. The van der Waals surface area contributed by atoms with Gasteiger partial charge in [-0.05, 0) is 29.8 Å². The van der Waals surface area contributed by atoms with E-state index in [1.165, 1.54) is 12.3 Å². The van der Waals surface area contributed by atoms with E-state index in [1.54, 1.807) is 29.0 Å². The summed E-state index contributed by atoms with van der Waals surface area (Å²) in [6, 6.07) is 6.57. The van der Waals surface area contributed by atoms with Gasteiger partial charge in [0.05, 0.1) is 5.69 Å². The minimum absolute atomic E-state index is 0.473. The van der Waals surface area contributed by atoms with Gasteiger partial charge in [0.25, 0.3) is 0 Å². The van der Waals surface area contributed by atoms with Crippen LogP contribution in [-0.2, 0) is 6.54 Å². The lowest BCUT2D eigenvalue weighted by molar-refractivity contribution is 0.111. The number of halogens is 1. The molecule has 0 saturated carbocycles. The van der Waals surface area contributed by atoms with E-state index in [0.29, 0.717) is 12.2 Å². The van der Waals surface area contributed by atoms with Crippen molar-refractivity contribution >= 4 is 6.29 Å². The van der Waals surface area contributed by atoms with Gasteiger partial charge in [-0.3, -0.25) is 4.79 Å². The van der Waals surface area contributed by atoms with Crippen molar-refractivity contribution in [3.63, 3.8) is 0 Å². The van der Waals surface area contributed by atoms with Gasteiger partial charge in [0.2, 0.25) is 5.95 Å². The maximum absolute atomic E-state index is 12.8. The first-order chi connectivity index (χ1) is 7.29. The molecule has 0 aliphatic rings. The van der Waals surface area contributed by atoms with E-state index in [1.807, 2.05) is 0 Å². The first-order valence-electron chi connectivity index (χ1n) is 4.50. The zero-order valence-corrected chi connectivity index (χ0v) is 7.93. The molecule has 0 fully saturated rings. The second-order valence-electron chi connectivity index (χ2n) is 3.17. The lowest BCUT2D eigenvalue weighted by atomic mass is 10.2. The molecule has 2 heterocycles. The molecule has 0 bridgehead atoms. The van der Waals surface area contributed by atoms with Gasteiger partial charge in [0, 0.05) is 18.9 Å². The lowest BCUT2D eigenvalue weighted by Crippen LogP contribution is -2.02. The summed E-state index contributed by atoms with van der Waals surface area (Å²) in [7, 11) is 0. The largest absolute Gasteiger partial charge is 0.341 e. The Balaban J connectivity index is 2.25. The quantitative estimate of drug-likeness (QED) is 0.565. The molecule has 0 spiro atoms. The van der Waals surface area contributed by atoms with E-state index in [2.05, 4.69) is 4.98 Å². The minimum atomic E-state index is -0.507. The Bertz CT molecular complexity index is 479. The second kappa shape index (κ2) is 4.04. The highest BCUT2D eigenvalue weighted by atomic mass is 19.1. The van der Waals surface area contributed by atoms with E-state index in [9.17, 15) is 9.18 Å². The molecule has 2 aromatic rings. The van der Waals surface area contributed by atoms with Gasteiger partial charge in [-0.2, -0.15) is 4.39 Å². The summed E-state index contributed by atoms with van der Waals surface area (Å²) >= 11 is 0. The molecule has 4 heteroatoms. The second-order valence-corrected chi connectivity index (χ2v) is 3.17. The number of pyridine rings is 1. The van der Waals surface area contributed by atoms with E-state index in [-0.39, 0.29) is 0 Å². The average Bonchev–Trinajstić information content (AvgIpc) is 2.65. The van der Waals surface area contributed by atoms with Crippen molar-refractivity contribution in [2.24, 2.45) is 0 Å². The molecule has 76 valence electrons. The predicted molar refractivity (Wildman–Crippen MR) is 53.1 cm³/mol. The van der Waals surface area contributed by atoms with Crippen LogP contribution in [0.5, 0.6) is 0 Å². The number of hydrogen-bond donors (Lipinski definition) is 0. The third kappa shape index (κ3) is 2.10. The highest BCUT2D eigenvalue weighted by Gasteiger charge is 2.01. The Hall–Kier alpha value is -1.97. The van der Waals surface area contributed by atoms with Crippen LogP contribution in [0.15, 0.2) is 36.7 Å². The first kappa shape index (κ1) is 9.58. The standard InChI is InChI=1S/C11H9FN2O/c12-11-6-9(3-4-13-11)7-14-5-1-2-10(14)8-15/h1-6,8H,7H2. The number of carbonyl (C=O) groups excluding carboxylic acids is 1. The van der Waals surface area contributed by atoms with Crippen LogP contribution in [0.2, 0.25) is 0 Å². The molecule has 0 aromatic carbocycles. The molecule has 0 saturated heterocycles. The Morgan fingerprint density at radius 2 is 2.33 bits per heavy atom. The van der Waals surface area contributed by atoms with Gasteiger partial charge in [0.1, 0.15) is 0 Å². The van der Waals surface area contributed by atoms with Crippen molar-refractivity contribution in [2.45, 2.75) is 6.54 Å². The fourth-order valence-electron chi connectivity index (χ4n) is 1.42. The van der Waals surface area contributed by atoms with Gasteiger partial charge in [-0.15, -0.1) is 0 Å². The van der Waals surface area contributed by atoms with E-state index in [0.717, 1.165) is 11.8 Å². The highest BCUT2D eigenvalue weighted by molar-refractivity contribution is 5.72. The maximum Gasteiger partial charge on any atom is 0.213 e. The normalized spacial score (nSPS) is 10.2. The smallest absolute Gasteiger partial charge is 0.213 e. The maximum atomic E-state index is 12.8. The summed E-state index contributed by atoms with van der Waals surface area (Å²) in [5.74, 6) is -0.507. The number of carbonyl (C=O) groups is 1. The Kier molecular flexibility index (Phi) is 2.58. The van der Waals surface area contributed by atoms with Crippen molar-refractivity contribution in [3.8, 4) is 0 Å². The van der Waals surface area contributed by atoms with Crippen LogP contribution in [0.3, 0.4) is 0 Å². The molecule has 15 heavy (non-hydrogen) atoms. The highest BCUT2D eigenvalue weighted by Crippen LogP contribution is 2.06. The summed E-state index contributed by atoms with van der Waals surface area (Å²) < 4.78 is 14.5. The summed E-state index contributed by atoms with van der Waals surface area (Å²) in [6.45, 7) is 0.473. The number of nitrogens with zero attached hydrogens (tertiary/aromatic N) is 2. The minimum Gasteiger partial charge on any atom is -0.341 e. The van der Waals surface area contributed by atoms with Crippen molar-refractivity contribution in [3.05, 3.63) is 53.9 Å². The van der Waals surface area contributed by atoms with Crippen molar-refractivity contribution in [1.82, 2.24) is 9.55 Å². The number of hydrogen-bond acceptors (Lipinski definition) is 2. The van der Waals surface area contributed by atoms with E-state index in [4.69, 9.17) is 0 Å². The Morgan fingerprint density at radius 1 is 1.47 bits per heavy atom. The summed E-state index contributed by atoms with van der Waals surface area (Å²) in [4.78, 5) is 14.1. The molecule has 0 aliphatic carbocycles. The molecule has 0 amide bonds. The fraction of sp³-hybridized carbons (Fsp3) is 0.0909. The third-order valence-electron chi connectivity index (χ3n) is 2.13. The lowest BCUT2D eigenvalue weighted by Gasteiger charge is -2.04. The van der Waals surface area contributed by atoms with Gasteiger partial charge in [-0.1, -0.05) is 0 Å². The average molecular weight is 204 g/mol. The van der Waals surface area contributed by atoms with E-state index < -0.39 is 5.95 Å². The van der Waals surface area contributed by atoms with Crippen LogP contribution in [0, 0.1) is 5.95 Å². The van der Waals surface area contributed by atoms with Crippen LogP contribution < -0.4 is 0 Å². The van der Waals surface area contributed by atoms with Crippen molar-refractivity contribution in [1.29, 1.82) is 0 Å².